The third-order valence-corrected chi connectivity index (χ3v) is 2.42. The summed E-state index contributed by atoms with van der Waals surface area (Å²) in [7, 11) is 0. The van der Waals surface area contributed by atoms with Crippen LogP contribution in [-0.4, -0.2) is 11.7 Å². The lowest BCUT2D eigenvalue weighted by Crippen LogP contribution is -2.04. The zero-order valence-electron chi connectivity index (χ0n) is 8.17. The van der Waals surface area contributed by atoms with E-state index in [1.165, 1.54) is 0 Å². The summed E-state index contributed by atoms with van der Waals surface area (Å²) in [6.07, 6.45) is 2.19. The highest BCUT2D eigenvalue weighted by atomic mass is 19.1. The third kappa shape index (κ3) is 2.45. The minimum Gasteiger partial charge on any atom is -0.490 e. The van der Waals surface area contributed by atoms with E-state index in [1.807, 2.05) is 0 Å². The minimum absolute atomic E-state index is 0.0224. The maximum atomic E-state index is 13.3. The number of hydrogen-bond acceptors (Lipinski definition) is 2. The van der Waals surface area contributed by atoms with E-state index in [9.17, 15) is 8.78 Å². The summed E-state index contributed by atoms with van der Waals surface area (Å²) < 4.78 is 31.3. The summed E-state index contributed by atoms with van der Waals surface area (Å²) in [5.74, 6) is -0.984. The smallest absolute Gasteiger partial charge is 0.168 e. The zero-order valence-corrected chi connectivity index (χ0v) is 8.17. The van der Waals surface area contributed by atoms with Crippen molar-refractivity contribution in [3.8, 4) is 5.75 Å². The van der Waals surface area contributed by atoms with Crippen molar-refractivity contribution in [3.63, 3.8) is 0 Å². The molecule has 0 bridgehead atoms. The summed E-state index contributed by atoms with van der Waals surface area (Å²) in [6, 6.07) is 1.85. The van der Waals surface area contributed by atoms with E-state index in [1.54, 1.807) is 0 Å². The molecule has 1 N–H and O–H groups in total. The Morgan fingerprint density at radius 3 is 2.67 bits per heavy atom. The molecule has 1 aliphatic carbocycles. The molecule has 4 heteroatoms. The van der Waals surface area contributed by atoms with E-state index < -0.39 is 18.2 Å². The quantitative estimate of drug-likeness (QED) is 0.832. The number of halogens is 2. The van der Waals surface area contributed by atoms with Crippen LogP contribution in [0.5, 0.6) is 5.75 Å². The van der Waals surface area contributed by atoms with E-state index in [2.05, 4.69) is 0 Å². The molecule has 1 aromatic rings. The summed E-state index contributed by atoms with van der Waals surface area (Å²) in [5.41, 5.74) is 0.160. The molecule has 0 unspecified atom stereocenters. The van der Waals surface area contributed by atoms with Gasteiger partial charge in [0.15, 0.2) is 11.6 Å². The Hall–Kier alpha value is -1.16. The van der Waals surface area contributed by atoms with Crippen LogP contribution >= 0.6 is 0 Å². The van der Waals surface area contributed by atoms with E-state index in [0.717, 1.165) is 25.0 Å². The van der Waals surface area contributed by atoms with Gasteiger partial charge in [-0.15, -0.1) is 0 Å². The molecule has 0 amide bonds. The van der Waals surface area contributed by atoms with E-state index in [0.29, 0.717) is 12.5 Å². The van der Waals surface area contributed by atoms with Crippen LogP contribution in [0.3, 0.4) is 0 Å². The van der Waals surface area contributed by atoms with Gasteiger partial charge in [-0.25, -0.2) is 8.78 Å². The van der Waals surface area contributed by atoms with Gasteiger partial charge < -0.3 is 9.84 Å². The first-order valence-corrected chi connectivity index (χ1v) is 4.92. The fourth-order valence-electron chi connectivity index (χ4n) is 1.38. The SMILES string of the molecule is OCc1cc(F)cc(F)c1OCC1CC1. The average Bonchev–Trinajstić information content (AvgIpc) is 2.99. The number of aliphatic hydroxyl groups excluding tert-OH is 1. The molecule has 0 saturated heterocycles. The van der Waals surface area contributed by atoms with Gasteiger partial charge in [-0.05, 0) is 24.8 Å². The standard InChI is InChI=1S/C11H12F2O2/c12-9-3-8(5-14)11(10(13)4-9)15-6-7-1-2-7/h3-4,7,14H,1-2,5-6H2. The first kappa shape index (κ1) is 10.4. The van der Waals surface area contributed by atoms with Gasteiger partial charge in [0.25, 0.3) is 0 Å². The molecule has 2 nitrogen and oxygen atoms in total. The Labute approximate surface area is 86.5 Å². The lowest BCUT2D eigenvalue weighted by Gasteiger charge is -2.10. The van der Waals surface area contributed by atoms with E-state index >= 15 is 0 Å². The number of benzene rings is 1. The number of ether oxygens (including phenoxy) is 1. The first-order chi connectivity index (χ1) is 7.20. The molecular weight excluding hydrogens is 202 g/mol. The summed E-state index contributed by atoms with van der Waals surface area (Å²) in [6.45, 7) is 0.0181. The van der Waals surface area contributed by atoms with Crippen molar-refractivity contribution in [2.75, 3.05) is 6.61 Å². The topological polar surface area (TPSA) is 29.5 Å². The molecule has 1 aliphatic rings. The molecule has 0 aromatic heterocycles. The first-order valence-electron chi connectivity index (χ1n) is 4.92. The van der Waals surface area contributed by atoms with Crippen LogP contribution in [0.25, 0.3) is 0 Å². The molecule has 0 atom stereocenters. The zero-order chi connectivity index (χ0) is 10.8. The van der Waals surface area contributed by atoms with Crippen LogP contribution in [-0.2, 0) is 6.61 Å². The fourth-order valence-corrected chi connectivity index (χ4v) is 1.38. The van der Waals surface area contributed by atoms with Gasteiger partial charge in [-0.3, -0.25) is 0 Å². The van der Waals surface area contributed by atoms with Crippen LogP contribution < -0.4 is 4.74 Å². The van der Waals surface area contributed by atoms with Gasteiger partial charge in [0, 0.05) is 11.6 Å². The lowest BCUT2D eigenvalue weighted by atomic mass is 10.2. The van der Waals surface area contributed by atoms with Crippen LogP contribution in [0.1, 0.15) is 18.4 Å². The van der Waals surface area contributed by atoms with Crippen LogP contribution in [0.15, 0.2) is 12.1 Å². The van der Waals surface area contributed by atoms with Gasteiger partial charge in [0.2, 0.25) is 0 Å². The highest BCUT2D eigenvalue weighted by molar-refractivity contribution is 5.35. The number of hydrogen-bond donors (Lipinski definition) is 1. The van der Waals surface area contributed by atoms with Gasteiger partial charge in [-0.1, -0.05) is 0 Å². The highest BCUT2D eigenvalue weighted by Crippen LogP contribution is 2.31. The van der Waals surface area contributed by atoms with E-state index in [4.69, 9.17) is 9.84 Å². The van der Waals surface area contributed by atoms with E-state index in [-0.39, 0.29) is 11.3 Å². The molecule has 2 rings (SSSR count). The second-order valence-corrected chi connectivity index (χ2v) is 3.79. The molecule has 1 saturated carbocycles. The van der Waals surface area contributed by atoms with Crippen molar-refractivity contribution >= 4 is 0 Å². The van der Waals surface area contributed by atoms with Crippen molar-refractivity contribution in [2.24, 2.45) is 5.92 Å². The summed E-state index contributed by atoms with van der Waals surface area (Å²) in [5, 5.41) is 8.93. The van der Waals surface area contributed by atoms with Crippen molar-refractivity contribution in [1.82, 2.24) is 0 Å². The molecule has 1 aromatic carbocycles. The Morgan fingerprint density at radius 2 is 2.07 bits per heavy atom. The second-order valence-electron chi connectivity index (χ2n) is 3.79. The van der Waals surface area contributed by atoms with Gasteiger partial charge in [0.1, 0.15) is 5.82 Å². The maximum Gasteiger partial charge on any atom is 0.168 e. The molecular formula is C11H12F2O2. The number of aliphatic hydroxyl groups is 1. The van der Waals surface area contributed by atoms with Crippen molar-refractivity contribution in [2.45, 2.75) is 19.4 Å². The molecule has 15 heavy (non-hydrogen) atoms. The largest absolute Gasteiger partial charge is 0.490 e. The van der Waals surface area contributed by atoms with Gasteiger partial charge >= 0.3 is 0 Å². The Morgan fingerprint density at radius 1 is 1.33 bits per heavy atom. The van der Waals surface area contributed by atoms with Gasteiger partial charge in [0.05, 0.1) is 13.2 Å². The third-order valence-electron chi connectivity index (χ3n) is 2.42. The van der Waals surface area contributed by atoms with Crippen LogP contribution in [0.2, 0.25) is 0 Å². The van der Waals surface area contributed by atoms with Crippen molar-refractivity contribution in [1.29, 1.82) is 0 Å². The summed E-state index contributed by atoms with van der Waals surface area (Å²) >= 11 is 0. The maximum absolute atomic E-state index is 13.3. The molecule has 0 heterocycles. The predicted octanol–water partition coefficient (Wildman–Crippen LogP) is 2.25. The monoisotopic (exact) mass is 214 g/mol. The molecule has 82 valence electrons. The minimum atomic E-state index is -0.750. The summed E-state index contributed by atoms with van der Waals surface area (Å²) in [4.78, 5) is 0. The predicted molar refractivity (Wildman–Crippen MR) is 50.5 cm³/mol. The second kappa shape index (κ2) is 4.14. The number of rotatable bonds is 4. The lowest BCUT2D eigenvalue weighted by molar-refractivity contribution is 0.249. The average molecular weight is 214 g/mol. The molecule has 1 fully saturated rings. The Kier molecular flexibility index (Phi) is 2.86. The molecule has 0 radical (unpaired) electrons. The molecule has 0 spiro atoms. The van der Waals surface area contributed by atoms with Crippen LogP contribution in [0, 0.1) is 17.6 Å². The Balaban J connectivity index is 2.17. The normalized spacial score (nSPS) is 15.4. The van der Waals surface area contributed by atoms with Gasteiger partial charge in [-0.2, -0.15) is 0 Å². The highest BCUT2D eigenvalue weighted by Gasteiger charge is 2.23. The van der Waals surface area contributed by atoms with Crippen LogP contribution in [0.4, 0.5) is 8.78 Å². The fraction of sp³-hybridized carbons (Fsp3) is 0.455. The van der Waals surface area contributed by atoms with Crippen molar-refractivity contribution < 1.29 is 18.6 Å². The molecule has 0 aliphatic heterocycles. The van der Waals surface area contributed by atoms with Crippen molar-refractivity contribution in [3.05, 3.63) is 29.3 Å². The Bertz CT molecular complexity index is 362.